The van der Waals surface area contributed by atoms with Crippen molar-refractivity contribution in [1.29, 1.82) is 0 Å². The lowest BCUT2D eigenvalue weighted by atomic mass is 10.0. The summed E-state index contributed by atoms with van der Waals surface area (Å²) in [7, 11) is 1.54. The molecule has 0 saturated carbocycles. The maximum Gasteiger partial charge on any atom is 0.259 e. The molecular weight excluding hydrogens is 302 g/mol. The Morgan fingerprint density at radius 3 is 2.38 bits per heavy atom. The van der Waals surface area contributed by atoms with Gasteiger partial charge in [-0.1, -0.05) is 54.6 Å². The van der Waals surface area contributed by atoms with Crippen molar-refractivity contribution in [2.24, 2.45) is 0 Å². The number of carbonyl (C=O) groups is 1. The number of aromatic hydroxyl groups is 1. The number of ether oxygens (including phenoxy) is 1. The number of para-hydroxylation sites is 3. The Kier molecular flexibility index (Phi) is 4.47. The van der Waals surface area contributed by atoms with Crippen LogP contribution in [0.15, 0.2) is 72.8 Å². The van der Waals surface area contributed by atoms with Crippen LogP contribution in [0.5, 0.6) is 11.5 Å². The lowest BCUT2D eigenvalue weighted by Gasteiger charge is -2.12. The van der Waals surface area contributed by atoms with Crippen molar-refractivity contribution in [1.82, 2.24) is 0 Å². The van der Waals surface area contributed by atoms with Gasteiger partial charge in [0.1, 0.15) is 11.5 Å². The van der Waals surface area contributed by atoms with E-state index in [-0.39, 0.29) is 11.3 Å². The zero-order valence-corrected chi connectivity index (χ0v) is 13.2. The van der Waals surface area contributed by atoms with Crippen molar-refractivity contribution >= 4 is 11.6 Å². The molecule has 3 aromatic carbocycles. The Morgan fingerprint density at radius 2 is 1.62 bits per heavy atom. The van der Waals surface area contributed by atoms with E-state index in [1.807, 2.05) is 36.4 Å². The number of rotatable bonds is 4. The Morgan fingerprint density at radius 1 is 0.917 bits per heavy atom. The van der Waals surface area contributed by atoms with Crippen molar-refractivity contribution in [3.05, 3.63) is 78.4 Å². The number of anilines is 1. The second kappa shape index (κ2) is 6.87. The van der Waals surface area contributed by atoms with E-state index in [0.29, 0.717) is 17.0 Å². The van der Waals surface area contributed by atoms with Crippen LogP contribution in [-0.4, -0.2) is 18.1 Å². The summed E-state index contributed by atoms with van der Waals surface area (Å²) in [5.41, 5.74) is 2.22. The van der Waals surface area contributed by atoms with E-state index in [0.717, 1.165) is 5.56 Å². The molecule has 0 heterocycles. The molecule has 0 aliphatic heterocycles. The Labute approximate surface area is 140 Å². The molecule has 0 unspecified atom stereocenters. The highest BCUT2D eigenvalue weighted by Crippen LogP contribution is 2.33. The number of amides is 1. The van der Waals surface area contributed by atoms with Crippen LogP contribution in [0.2, 0.25) is 0 Å². The Bertz CT molecular complexity index is 860. The number of hydrogen-bond donors (Lipinski definition) is 2. The van der Waals surface area contributed by atoms with Gasteiger partial charge in [-0.05, 0) is 23.8 Å². The quantitative estimate of drug-likeness (QED) is 0.753. The second-order valence-corrected chi connectivity index (χ2v) is 5.22. The van der Waals surface area contributed by atoms with Crippen LogP contribution in [0.3, 0.4) is 0 Å². The highest BCUT2D eigenvalue weighted by molar-refractivity contribution is 6.08. The van der Waals surface area contributed by atoms with Crippen molar-refractivity contribution in [2.45, 2.75) is 0 Å². The van der Waals surface area contributed by atoms with Crippen molar-refractivity contribution in [3.8, 4) is 22.6 Å². The summed E-state index contributed by atoms with van der Waals surface area (Å²) in [6.45, 7) is 0. The molecule has 0 spiro atoms. The van der Waals surface area contributed by atoms with Gasteiger partial charge in [0.2, 0.25) is 0 Å². The van der Waals surface area contributed by atoms with E-state index in [1.165, 1.54) is 0 Å². The minimum Gasteiger partial charge on any atom is -0.506 e. The normalized spacial score (nSPS) is 10.2. The topological polar surface area (TPSA) is 58.6 Å². The van der Waals surface area contributed by atoms with Crippen LogP contribution < -0.4 is 10.1 Å². The minimum absolute atomic E-state index is 0.0453. The van der Waals surface area contributed by atoms with Gasteiger partial charge in [-0.25, -0.2) is 0 Å². The molecule has 0 saturated heterocycles. The van der Waals surface area contributed by atoms with Gasteiger partial charge < -0.3 is 15.2 Å². The Balaban J connectivity index is 1.94. The van der Waals surface area contributed by atoms with Gasteiger partial charge in [-0.3, -0.25) is 4.79 Å². The van der Waals surface area contributed by atoms with Gasteiger partial charge >= 0.3 is 0 Å². The molecule has 2 N–H and O–H groups in total. The molecule has 120 valence electrons. The highest BCUT2D eigenvalue weighted by atomic mass is 16.5. The highest BCUT2D eigenvalue weighted by Gasteiger charge is 2.16. The first-order valence-electron chi connectivity index (χ1n) is 7.52. The molecule has 0 bridgehead atoms. The maximum absolute atomic E-state index is 12.6. The Hall–Kier alpha value is -3.27. The number of phenols is 1. The van der Waals surface area contributed by atoms with Gasteiger partial charge in [-0.15, -0.1) is 0 Å². The fourth-order valence-corrected chi connectivity index (χ4v) is 2.51. The molecule has 1 amide bonds. The molecule has 3 aromatic rings. The predicted octanol–water partition coefficient (Wildman–Crippen LogP) is 4.32. The van der Waals surface area contributed by atoms with Crippen LogP contribution >= 0.6 is 0 Å². The lowest BCUT2D eigenvalue weighted by Crippen LogP contribution is -2.13. The van der Waals surface area contributed by atoms with E-state index in [4.69, 9.17) is 4.74 Å². The van der Waals surface area contributed by atoms with Crippen LogP contribution in [0, 0.1) is 0 Å². The zero-order chi connectivity index (χ0) is 16.9. The smallest absolute Gasteiger partial charge is 0.259 e. The number of carbonyl (C=O) groups excluding carboxylic acids is 1. The first-order valence-corrected chi connectivity index (χ1v) is 7.52. The third-order valence-electron chi connectivity index (χ3n) is 3.72. The molecule has 3 rings (SSSR count). The monoisotopic (exact) mass is 319 g/mol. The van der Waals surface area contributed by atoms with E-state index in [9.17, 15) is 9.90 Å². The number of hydrogen-bond acceptors (Lipinski definition) is 3. The molecule has 24 heavy (non-hydrogen) atoms. The number of benzene rings is 3. The van der Waals surface area contributed by atoms with E-state index < -0.39 is 5.91 Å². The molecule has 0 radical (unpaired) electrons. The fraction of sp³-hybridized carbons (Fsp3) is 0.0500. The summed E-state index contributed by atoms with van der Waals surface area (Å²) < 4.78 is 5.23. The van der Waals surface area contributed by atoms with Crippen LogP contribution in [-0.2, 0) is 0 Å². The van der Waals surface area contributed by atoms with Gasteiger partial charge in [0.15, 0.2) is 0 Å². The van der Waals surface area contributed by atoms with E-state index in [1.54, 1.807) is 43.5 Å². The van der Waals surface area contributed by atoms with Crippen molar-refractivity contribution in [2.75, 3.05) is 12.4 Å². The van der Waals surface area contributed by atoms with Crippen molar-refractivity contribution < 1.29 is 14.6 Å². The first-order chi connectivity index (χ1) is 11.7. The van der Waals surface area contributed by atoms with Crippen molar-refractivity contribution in [3.63, 3.8) is 0 Å². The van der Waals surface area contributed by atoms with E-state index in [2.05, 4.69) is 5.32 Å². The average molecular weight is 319 g/mol. The van der Waals surface area contributed by atoms with Crippen LogP contribution in [0.1, 0.15) is 10.4 Å². The SMILES string of the molecule is COc1ccccc1NC(=O)c1cccc(-c2ccccc2)c1O. The maximum atomic E-state index is 12.6. The number of nitrogens with one attached hydrogen (secondary N) is 1. The minimum atomic E-state index is -0.394. The standard InChI is InChI=1S/C20H17NO3/c1-24-18-13-6-5-12-17(18)21-20(23)16-11-7-10-15(19(16)22)14-8-3-2-4-9-14/h2-13,22H,1H3,(H,21,23). The first kappa shape index (κ1) is 15.6. The summed E-state index contributed by atoms with van der Waals surface area (Å²) in [6.07, 6.45) is 0. The summed E-state index contributed by atoms with van der Waals surface area (Å²) in [5.74, 6) is 0.121. The third kappa shape index (κ3) is 3.08. The second-order valence-electron chi connectivity index (χ2n) is 5.22. The summed E-state index contributed by atoms with van der Waals surface area (Å²) in [6, 6.07) is 21.7. The van der Waals surface area contributed by atoms with Crippen LogP contribution in [0.25, 0.3) is 11.1 Å². The molecule has 4 nitrogen and oxygen atoms in total. The third-order valence-corrected chi connectivity index (χ3v) is 3.72. The predicted molar refractivity (Wildman–Crippen MR) is 94.5 cm³/mol. The van der Waals surface area contributed by atoms with Crippen LogP contribution in [0.4, 0.5) is 5.69 Å². The van der Waals surface area contributed by atoms with E-state index >= 15 is 0 Å². The molecule has 0 aliphatic carbocycles. The molecule has 4 heteroatoms. The molecule has 0 atom stereocenters. The molecule has 0 aromatic heterocycles. The number of phenolic OH excluding ortho intramolecular Hbond substituents is 1. The summed E-state index contributed by atoms with van der Waals surface area (Å²) in [4.78, 5) is 12.6. The lowest BCUT2D eigenvalue weighted by molar-refractivity contribution is 0.102. The van der Waals surface area contributed by atoms with Gasteiger partial charge in [0, 0.05) is 5.56 Å². The van der Waals surface area contributed by atoms with Gasteiger partial charge in [-0.2, -0.15) is 0 Å². The largest absolute Gasteiger partial charge is 0.506 e. The molecule has 0 aliphatic rings. The van der Waals surface area contributed by atoms with Gasteiger partial charge in [0.25, 0.3) is 5.91 Å². The fourth-order valence-electron chi connectivity index (χ4n) is 2.51. The zero-order valence-electron chi connectivity index (χ0n) is 13.2. The summed E-state index contributed by atoms with van der Waals surface area (Å²) >= 11 is 0. The number of methoxy groups -OCH3 is 1. The summed E-state index contributed by atoms with van der Waals surface area (Å²) in [5, 5.41) is 13.3. The average Bonchev–Trinajstić information content (AvgIpc) is 2.63. The molecule has 0 fully saturated rings. The van der Waals surface area contributed by atoms with Gasteiger partial charge in [0.05, 0.1) is 18.4 Å². The molecular formula is C20H17NO3.